The van der Waals surface area contributed by atoms with E-state index < -0.39 is 0 Å². The molecule has 22 heavy (non-hydrogen) atoms. The highest BCUT2D eigenvalue weighted by Crippen LogP contribution is 2.28. The molecule has 0 aliphatic heterocycles. The molecule has 0 bridgehead atoms. The third-order valence-electron chi connectivity index (χ3n) is 3.57. The maximum absolute atomic E-state index is 12.4. The van der Waals surface area contributed by atoms with Crippen LogP contribution < -0.4 is 4.74 Å². The summed E-state index contributed by atoms with van der Waals surface area (Å²) in [6, 6.07) is 9.49. The molecule has 0 N–H and O–H groups in total. The van der Waals surface area contributed by atoms with Crippen LogP contribution in [0, 0.1) is 5.92 Å². The summed E-state index contributed by atoms with van der Waals surface area (Å²) in [7, 11) is 0. The van der Waals surface area contributed by atoms with Crippen LogP contribution in [0.25, 0.3) is 0 Å². The van der Waals surface area contributed by atoms with Gasteiger partial charge in [0.1, 0.15) is 5.75 Å². The van der Waals surface area contributed by atoms with Gasteiger partial charge in [0.05, 0.1) is 12.5 Å². The van der Waals surface area contributed by atoms with Crippen LogP contribution in [0.1, 0.15) is 26.7 Å². The summed E-state index contributed by atoms with van der Waals surface area (Å²) in [5.74, 6) is 0.0127. The van der Waals surface area contributed by atoms with Crippen molar-refractivity contribution >= 4 is 11.9 Å². The van der Waals surface area contributed by atoms with Gasteiger partial charge in [0, 0.05) is 12.6 Å². The number of carbonyl (C=O) groups excluding carboxylic acids is 2. The van der Waals surface area contributed by atoms with Crippen LogP contribution in [0.15, 0.2) is 30.3 Å². The van der Waals surface area contributed by atoms with Crippen LogP contribution in [0.2, 0.25) is 0 Å². The Morgan fingerprint density at radius 1 is 1.27 bits per heavy atom. The van der Waals surface area contributed by atoms with Crippen molar-refractivity contribution in [2.75, 3.05) is 19.8 Å². The Balaban J connectivity index is 1.87. The molecule has 0 saturated heterocycles. The van der Waals surface area contributed by atoms with Gasteiger partial charge in [0.15, 0.2) is 6.61 Å². The molecule has 0 radical (unpaired) electrons. The van der Waals surface area contributed by atoms with Crippen LogP contribution in [0.4, 0.5) is 0 Å². The lowest BCUT2D eigenvalue weighted by atomic mass is 10.1. The molecule has 5 nitrogen and oxygen atoms in total. The number of amides is 1. The monoisotopic (exact) mass is 305 g/mol. The standard InChI is InChI=1S/C17H23NO4/c1-3-21-17(20)13(2)11-18(14-9-10-14)16(19)12-22-15-7-5-4-6-8-15/h4-8,13-14H,3,9-12H2,1-2H3. The van der Waals surface area contributed by atoms with E-state index in [9.17, 15) is 9.59 Å². The Kier molecular flexibility index (Phi) is 5.81. The number of carbonyl (C=O) groups is 2. The van der Waals surface area contributed by atoms with Crippen molar-refractivity contribution in [3.63, 3.8) is 0 Å². The van der Waals surface area contributed by atoms with Gasteiger partial charge in [-0.15, -0.1) is 0 Å². The molecule has 1 unspecified atom stereocenters. The first-order valence-electron chi connectivity index (χ1n) is 7.75. The van der Waals surface area contributed by atoms with Crippen molar-refractivity contribution in [3.8, 4) is 5.75 Å². The first-order valence-corrected chi connectivity index (χ1v) is 7.75. The highest BCUT2D eigenvalue weighted by molar-refractivity contribution is 5.79. The van der Waals surface area contributed by atoms with Crippen molar-refractivity contribution in [3.05, 3.63) is 30.3 Å². The number of para-hydroxylation sites is 1. The minimum absolute atomic E-state index is 0.00391. The second-order valence-corrected chi connectivity index (χ2v) is 5.53. The van der Waals surface area contributed by atoms with E-state index in [1.165, 1.54) is 0 Å². The molecule has 1 aromatic carbocycles. The van der Waals surface area contributed by atoms with Crippen molar-refractivity contribution in [1.29, 1.82) is 0 Å². The summed E-state index contributed by atoms with van der Waals surface area (Å²) in [6.07, 6.45) is 1.99. The maximum Gasteiger partial charge on any atom is 0.310 e. The number of ether oxygens (including phenoxy) is 2. The van der Waals surface area contributed by atoms with Crippen LogP contribution in [0.3, 0.4) is 0 Å². The number of benzene rings is 1. The van der Waals surface area contributed by atoms with Crippen molar-refractivity contribution in [2.24, 2.45) is 5.92 Å². The van der Waals surface area contributed by atoms with Gasteiger partial charge in [0.2, 0.25) is 0 Å². The predicted octanol–water partition coefficient (Wildman–Crippen LogP) is 2.26. The zero-order chi connectivity index (χ0) is 15.9. The largest absolute Gasteiger partial charge is 0.484 e. The summed E-state index contributed by atoms with van der Waals surface area (Å²) in [6.45, 7) is 4.31. The number of esters is 1. The van der Waals surface area contributed by atoms with Crippen molar-refractivity contribution in [2.45, 2.75) is 32.7 Å². The first-order chi connectivity index (χ1) is 10.6. The normalized spacial score (nSPS) is 15.0. The lowest BCUT2D eigenvalue weighted by Gasteiger charge is -2.25. The number of hydrogen-bond donors (Lipinski definition) is 0. The SMILES string of the molecule is CCOC(=O)C(C)CN(C(=O)COc1ccccc1)C1CC1. The Morgan fingerprint density at radius 2 is 1.95 bits per heavy atom. The van der Waals surface area contributed by atoms with E-state index in [0.29, 0.717) is 18.9 Å². The molecule has 2 rings (SSSR count). The van der Waals surface area contributed by atoms with Gasteiger partial charge in [-0.3, -0.25) is 9.59 Å². The Labute approximate surface area is 131 Å². The Hall–Kier alpha value is -2.04. The topological polar surface area (TPSA) is 55.8 Å². The summed E-state index contributed by atoms with van der Waals surface area (Å²) in [4.78, 5) is 25.8. The van der Waals surface area contributed by atoms with Gasteiger partial charge in [-0.2, -0.15) is 0 Å². The third-order valence-corrected chi connectivity index (χ3v) is 3.57. The quantitative estimate of drug-likeness (QED) is 0.691. The van der Waals surface area contributed by atoms with Gasteiger partial charge in [-0.25, -0.2) is 0 Å². The molecular weight excluding hydrogens is 282 g/mol. The minimum atomic E-state index is -0.318. The highest BCUT2D eigenvalue weighted by Gasteiger charge is 2.34. The highest BCUT2D eigenvalue weighted by atomic mass is 16.5. The number of nitrogens with zero attached hydrogens (tertiary/aromatic N) is 1. The van der Waals surface area contributed by atoms with Crippen LogP contribution in [-0.4, -0.2) is 42.6 Å². The molecular formula is C17H23NO4. The lowest BCUT2D eigenvalue weighted by Crippen LogP contribution is -2.41. The molecule has 1 amide bonds. The fourth-order valence-electron chi connectivity index (χ4n) is 2.24. The first kappa shape index (κ1) is 16.3. The molecule has 1 fully saturated rings. The molecule has 0 spiro atoms. The molecule has 1 aromatic rings. The fraction of sp³-hybridized carbons (Fsp3) is 0.529. The summed E-state index contributed by atoms with van der Waals surface area (Å²) in [5.41, 5.74) is 0. The van der Waals surface area contributed by atoms with E-state index in [1.807, 2.05) is 30.3 Å². The van der Waals surface area contributed by atoms with E-state index >= 15 is 0 Å². The average Bonchev–Trinajstić information content (AvgIpc) is 3.36. The van der Waals surface area contributed by atoms with E-state index in [0.717, 1.165) is 12.8 Å². The molecule has 1 aliphatic rings. The van der Waals surface area contributed by atoms with Crippen LogP contribution >= 0.6 is 0 Å². The van der Waals surface area contributed by atoms with Crippen molar-refractivity contribution in [1.82, 2.24) is 4.90 Å². The Bertz CT molecular complexity index is 499. The van der Waals surface area contributed by atoms with Gasteiger partial charge < -0.3 is 14.4 Å². The second kappa shape index (κ2) is 7.82. The number of rotatable bonds is 8. The maximum atomic E-state index is 12.4. The smallest absolute Gasteiger partial charge is 0.310 e. The summed E-state index contributed by atoms with van der Waals surface area (Å²) >= 11 is 0. The molecule has 120 valence electrons. The molecule has 1 atom stereocenters. The van der Waals surface area contributed by atoms with E-state index in [2.05, 4.69) is 0 Å². The molecule has 1 aliphatic carbocycles. The molecule has 0 aromatic heterocycles. The summed E-state index contributed by atoms with van der Waals surface area (Å²) < 4.78 is 10.5. The zero-order valence-corrected chi connectivity index (χ0v) is 13.2. The Morgan fingerprint density at radius 3 is 2.55 bits per heavy atom. The van der Waals surface area contributed by atoms with Crippen LogP contribution in [0.5, 0.6) is 5.75 Å². The third kappa shape index (κ3) is 4.76. The second-order valence-electron chi connectivity index (χ2n) is 5.53. The van der Waals surface area contributed by atoms with Crippen molar-refractivity contribution < 1.29 is 19.1 Å². The van der Waals surface area contributed by atoms with Gasteiger partial charge in [0.25, 0.3) is 5.91 Å². The van der Waals surface area contributed by atoms with Crippen LogP contribution in [-0.2, 0) is 14.3 Å². The fourth-order valence-corrected chi connectivity index (χ4v) is 2.24. The molecule has 5 heteroatoms. The average molecular weight is 305 g/mol. The summed E-state index contributed by atoms with van der Waals surface area (Å²) in [5, 5.41) is 0. The predicted molar refractivity (Wildman–Crippen MR) is 82.5 cm³/mol. The van der Waals surface area contributed by atoms with E-state index in [1.54, 1.807) is 18.7 Å². The number of hydrogen-bond acceptors (Lipinski definition) is 4. The lowest BCUT2D eigenvalue weighted by molar-refractivity contribution is -0.149. The zero-order valence-electron chi connectivity index (χ0n) is 13.2. The minimum Gasteiger partial charge on any atom is -0.484 e. The van der Waals surface area contributed by atoms with Gasteiger partial charge in [-0.05, 0) is 31.9 Å². The van der Waals surface area contributed by atoms with E-state index in [-0.39, 0.29) is 30.4 Å². The van der Waals surface area contributed by atoms with Gasteiger partial charge in [-0.1, -0.05) is 25.1 Å². The molecule has 1 saturated carbocycles. The van der Waals surface area contributed by atoms with Gasteiger partial charge >= 0.3 is 5.97 Å². The molecule has 0 heterocycles. The van der Waals surface area contributed by atoms with E-state index in [4.69, 9.17) is 9.47 Å².